The lowest BCUT2D eigenvalue weighted by Gasteiger charge is -2.29. The van der Waals surface area contributed by atoms with Gasteiger partial charge in [0, 0.05) is 11.8 Å². The molecule has 0 bridgehead atoms. The number of carbonyl (C=O) groups excluding carboxylic acids is 1. The molecule has 0 unspecified atom stereocenters. The van der Waals surface area contributed by atoms with Crippen molar-refractivity contribution in [2.45, 2.75) is 53.1 Å². The third-order valence-electron chi connectivity index (χ3n) is 4.69. The first-order valence-electron chi connectivity index (χ1n) is 9.15. The van der Waals surface area contributed by atoms with Crippen LogP contribution in [0.2, 0.25) is 0 Å². The van der Waals surface area contributed by atoms with Crippen LogP contribution in [0, 0.1) is 5.92 Å². The van der Waals surface area contributed by atoms with E-state index in [0.717, 1.165) is 26.6 Å². The number of nitrogens with one attached hydrogen (secondary N) is 1. The zero-order chi connectivity index (χ0) is 19.1. The standard InChI is InChI=1S/C19H25N3O2S3/c1-13-5-3-4-6-16(13)20-17(23)12-26-19-22-21-18(27-19)25-11-14-7-9-15(24-2)10-8-14/h7-10,13,16H,3-6,11-12H2,1-2H3,(H,20,23)/t13-,16+/m1/s1. The number of amides is 1. The Balaban J connectivity index is 1.41. The molecule has 1 aromatic heterocycles. The Hall–Kier alpha value is -1.25. The number of aromatic nitrogens is 2. The molecule has 27 heavy (non-hydrogen) atoms. The minimum Gasteiger partial charge on any atom is -0.497 e. The monoisotopic (exact) mass is 423 g/mol. The van der Waals surface area contributed by atoms with Crippen LogP contribution < -0.4 is 10.1 Å². The molecule has 1 saturated carbocycles. The Labute approximate surface area is 173 Å². The molecule has 146 valence electrons. The molecule has 1 fully saturated rings. The van der Waals surface area contributed by atoms with Crippen molar-refractivity contribution in [1.29, 1.82) is 0 Å². The number of ether oxygens (including phenoxy) is 1. The van der Waals surface area contributed by atoms with Crippen LogP contribution in [-0.2, 0) is 10.5 Å². The lowest BCUT2D eigenvalue weighted by Crippen LogP contribution is -2.41. The van der Waals surface area contributed by atoms with E-state index in [9.17, 15) is 4.79 Å². The van der Waals surface area contributed by atoms with Gasteiger partial charge in [-0.1, -0.05) is 66.8 Å². The van der Waals surface area contributed by atoms with Gasteiger partial charge in [0.2, 0.25) is 5.91 Å². The van der Waals surface area contributed by atoms with Crippen LogP contribution in [0.4, 0.5) is 0 Å². The zero-order valence-electron chi connectivity index (χ0n) is 15.6. The quantitative estimate of drug-likeness (QED) is 0.625. The van der Waals surface area contributed by atoms with Crippen molar-refractivity contribution in [2.24, 2.45) is 5.92 Å². The maximum Gasteiger partial charge on any atom is 0.230 e. The fourth-order valence-corrected chi connectivity index (χ4v) is 5.87. The summed E-state index contributed by atoms with van der Waals surface area (Å²) in [4.78, 5) is 12.2. The van der Waals surface area contributed by atoms with Gasteiger partial charge in [0.05, 0.1) is 12.9 Å². The zero-order valence-corrected chi connectivity index (χ0v) is 18.1. The summed E-state index contributed by atoms with van der Waals surface area (Å²) in [5.74, 6) is 2.78. The van der Waals surface area contributed by atoms with Gasteiger partial charge in [-0.2, -0.15) is 0 Å². The maximum atomic E-state index is 12.2. The SMILES string of the molecule is COc1ccc(CSc2nnc(SCC(=O)N[C@H]3CCCC[C@H]3C)s2)cc1. The van der Waals surface area contributed by atoms with Crippen LogP contribution in [0.25, 0.3) is 0 Å². The van der Waals surface area contributed by atoms with E-state index >= 15 is 0 Å². The highest BCUT2D eigenvalue weighted by Crippen LogP contribution is 2.31. The van der Waals surface area contributed by atoms with Crippen molar-refractivity contribution < 1.29 is 9.53 Å². The number of hydrogen-bond acceptors (Lipinski definition) is 7. The van der Waals surface area contributed by atoms with Crippen LogP contribution in [0.15, 0.2) is 32.9 Å². The van der Waals surface area contributed by atoms with Gasteiger partial charge in [0.15, 0.2) is 8.68 Å². The molecule has 0 saturated heterocycles. The fourth-order valence-electron chi connectivity index (χ4n) is 3.09. The van der Waals surface area contributed by atoms with Crippen molar-refractivity contribution in [2.75, 3.05) is 12.9 Å². The van der Waals surface area contributed by atoms with Gasteiger partial charge < -0.3 is 10.1 Å². The number of benzene rings is 1. The number of thioether (sulfide) groups is 2. The van der Waals surface area contributed by atoms with Crippen molar-refractivity contribution >= 4 is 40.8 Å². The summed E-state index contributed by atoms with van der Waals surface area (Å²) in [6, 6.07) is 8.36. The third kappa shape index (κ3) is 6.40. The van der Waals surface area contributed by atoms with Crippen LogP contribution in [0.3, 0.4) is 0 Å². The van der Waals surface area contributed by atoms with E-state index in [1.54, 1.807) is 30.2 Å². The molecular formula is C19H25N3O2S3. The first-order chi connectivity index (χ1) is 13.1. The summed E-state index contributed by atoms with van der Waals surface area (Å²) < 4.78 is 6.94. The normalized spacial score (nSPS) is 19.6. The predicted octanol–water partition coefficient (Wildman–Crippen LogP) is 4.63. The highest BCUT2D eigenvalue weighted by Gasteiger charge is 2.22. The summed E-state index contributed by atoms with van der Waals surface area (Å²) in [5.41, 5.74) is 1.21. The number of rotatable bonds is 8. The molecule has 3 rings (SSSR count). The second-order valence-corrected chi connectivity index (χ2v) is 10.1. The smallest absolute Gasteiger partial charge is 0.230 e. The molecule has 0 radical (unpaired) electrons. The Bertz CT molecular complexity index is 736. The highest BCUT2D eigenvalue weighted by atomic mass is 32.2. The molecular weight excluding hydrogens is 398 g/mol. The first kappa shape index (κ1) is 20.5. The fraction of sp³-hybridized carbons (Fsp3) is 0.526. The minimum atomic E-state index is 0.0985. The molecule has 1 amide bonds. The van der Waals surface area contributed by atoms with E-state index in [4.69, 9.17) is 4.74 Å². The Morgan fingerprint density at radius 3 is 2.59 bits per heavy atom. The predicted molar refractivity (Wildman–Crippen MR) is 113 cm³/mol. The molecule has 1 N–H and O–H groups in total. The number of carbonyl (C=O) groups is 1. The summed E-state index contributed by atoms with van der Waals surface area (Å²) in [5, 5.41) is 11.6. The summed E-state index contributed by atoms with van der Waals surface area (Å²) >= 11 is 4.68. The van der Waals surface area contributed by atoms with E-state index in [1.807, 2.05) is 12.1 Å². The number of methoxy groups -OCH3 is 1. The van der Waals surface area contributed by atoms with E-state index in [2.05, 4.69) is 34.6 Å². The summed E-state index contributed by atoms with van der Waals surface area (Å²) in [6.07, 6.45) is 4.81. The van der Waals surface area contributed by atoms with E-state index in [-0.39, 0.29) is 5.91 Å². The highest BCUT2D eigenvalue weighted by molar-refractivity contribution is 8.03. The average molecular weight is 424 g/mol. The van der Waals surface area contributed by atoms with Crippen molar-refractivity contribution in [3.05, 3.63) is 29.8 Å². The number of hydrogen-bond donors (Lipinski definition) is 1. The molecule has 8 heteroatoms. The molecule has 2 aromatic rings. The van der Waals surface area contributed by atoms with Crippen LogP contribution in [0.1, 0.15) is 38.2 Å². The van der Waals surface area contributed by atoms with Crippen LogP contribution in [0.5, 0.6) is 5.75 Å². The lowest BCUT2D eigenvalue weighted by atomic mass is 9.86. The second-order valence-electron chi connectivity index (χ2n) is 6.70. The van der Waals surface area contributed by atoms with Crippen molar-refractivity contribution in [3.8, 4) is 5.75 Å². The van der Waals surface area contributed by atoms with E-state index < -0.39 is 0 Å². The molecule has 1 aliphatic rings. The van der Waals surface area contributed by atoms with E-state index in [1.165, 1.54) is 36.6 Å². The lowest BCUT2D eigenvalue weighted by molar-refractivity contribution is -0.119. The topological polar surface area (TPSA) is 64.1 Å². The van der Waals surface area contributed by atoms with Crippen LogP contribution >= 0.6 is 34.9 Å². The van der Waals surface area contributed by atoms with Gasteiger partial charge in [0.25, 0.3) is 0 Å². The van der Waals surface area contributed by atoms with Gasteiger partial charge in [0.1, 0.15) is 5.75 Å². The largest absolute Gasteiger partial charge is 0.497 e. The second kappa shape index (κ2) is 10.3. The molecule has 2 atom stereocenters. The van der Waals surface area contributed by atoms with Crippen LogP contribution in [-0.4, -0.2) is 35.0 Å². The van der Waals surface area contributed by atoms with Gasteiger partial charge >= 0.3 is 0 Å². The van der Waals surface area contributed by atoms with E-state index in [0.29, 0.717) is 17.7 Å². The summed E-state index contributed by atoms with van der Waals surface area (Å²) in [7, 11) is 1.67. The van der Waals surface area contributed by atoms with Crippen molar-refractivity contribution in [1.82, 2.24) is 15.5 Å². The number of nitrogens with zero attached hydrogens (tertiary/aromatic N) is 2. The Morgan fingerprint density at radius 2 is 1.89 bits per heavy atom. The maximum absolute atomic E-state index is 12.2. The first-order valence-corrected chi connectivity index (χ1v) is 11.9. The molecule has 5 nitrogen and oxygen atoms in total. The molecule has 1 heterocycles. The van der Waals surface area contributed by atoms with Crippen molar-refractivity contribution in [3.63, 3.8) is 0 Å². The average Bonchev–Trinajstić information content (AvgIpc) is 3.15. The van der Waals surface area contributed by atoms with Gasteiger partial charge in [-0.05, 0) is 36.5 Å². The van der Waals surface area contributed by atoms with Gasteiger partial charge in [-0.15, -0.1) is 10.2 Å². The molecule has 0 spiro atoms. The third-order valence-corrected chi connectivity index (χ3v) is 7.95. The summed E-state index contributed by atoms with van der Waals surface area (Å²) in [6.45, 7) is 2.23. The minimum absolute atomic E-state index is 0.0985. The molecule has 1 aliphatic carbocycles. The van der Waals surface area contributed by atoms with Gasteiger partial charge in [-0.25, -0.2) is 0 Å². The Kier molecular flexibility index (Phi) is 7.84. The Morgan fingerprint density at radius 1 is 1.19 bits per heavy atom. The molecule has 0 aliphatic heterocycles. The van der Waals surface area contributed by atoms with Gasteiger partial charge in [-0.3, -0.25) is 4.79 Å². The molecule has 1 aromatic carbocycles.